The number of sulfonamides is 1. The molecule has 0 radical (unpaired) electrons. The maximum absolute atomic E-state index is 13.2. The Morgan fingerprint density at radius 3 is 2.28 bits per heavy atom. The number of benzene rings is 1. The molecular weight excluding hydrogens is 354 g/mol. The van der Waals surface area contributed by atoms with Gasteiger partial charge in [0.15, 0.2) is 0 Å². The summed E-state index contributed by atoms with van der Waals surface area (Å²) in [5.74, 6) is -1.74. The molecule has 1 saturated heterocycles. The minimum atomic E-state index is -3.86. The lowest BCUT2D eigenvalue weighted by molar-refractivity contribution is 0.122. The molecule has 1 fully saturated rings. The Labute approximate surface area is 143 Å². The van der Waals surface area contributed by atoms with E-state index in [4.69, 9.17) is 4.74 Å². The number of nitrogens with one attached hydrogen (secondary N) is 1. The quantitative estimate of drug-likeness (QED) is 0.859. The molecule has 0 unspecified atom stereocenters. The summed E-state index contributed by atoms with van der Waals surface area (Å²) in [6.07, 6.45) is 2.70. The van der Waals surface area contributed by atoms with E-state index in [2.05, 4.69) is 14.7 Å². The molecule has 1 aromatic carbocycles. The molecule has 25 heavy (non-hydrogen) atoms. The van der Waals surface area contributed by atoms with E-state index in [1.165, 1.54) is 12.4 Å². The van der Waals surface area contributed by atoms with Gasteiger partial charge in [-0.05, 0) is 17.7 Å². The van der Waals surface area contributed by atoms with Gasteiger partial charge in [0.1, 0.15) is 11.6 Å². The fourth-order valence-electron chi connectivity index (χ4n) is 2.43. The number of hydrogen-bond donors (Lipinski definition) is 1. The van der Waals surface area contributed by atoms with Crippen LogP contribution in [0.1, 0.15) is 5.56 Å². The minimum Gasteiger partial charge on any atom is -0.378 e. The number of halogens is 2. The van der Waals surface area contributed by atoms with Crippen LogP contribution < -0.4 is 9.62 Å². The topological polar surface area (TPSA) is 84.4 Å². The minimum absolute atomic E-state index is 0.0101. The zero-order valence-electron chi connectivity index (χ0n) is 13.2. The third-order valence-corrected chi connectivity index (χ3v) is 4.74. The summed E-state index contributed by atoms with van der Waals surface area (Å²) in [6.45, 7) is 2.50. The van der Waals surface area contributed by atoms with Gasteiger partial charge in [-0.3, -0.25) is 4.72 Å². The molecule has 1 aliphatic rings. The maximum Gasteiger partial charge on any atom is 0.237 e. The molecule has 134 valence electrons. The third kappa shape index (κ3) is 4.83. The van der Waals surface area contributed by atoms with Gasteiger partial charge >= 0.3 is 0 Å². The van der Waals surface area contributed by atoms with Crippen LogP contribution in [-0.4, -0.2) is 44.7 Å². The molecule has 10 heteroatoms. The summed E-state index contributed by atoms with van der Waals surface area (Å²) >= 11 is 0. The van der Waals surface area contributed by atoms with Crippen molar-refractivity contribution in [1.82, 2.24) is 9.97 Å². The Balaban J connectivity index is 1.67. The monoisotopic (exact) mass is 370 g/mol. The van der Waals surface area contributed by atoms with Crippen LogP contribution in [0.25, 0.3) is 0 Å². The van der Waals surface area contributed by atoms with E-state index >= 15 is 0 Å². The first-order valence-electron chi connectivity index (χ1n) is 7.51. The normalized spacial score (nSPS) is 15.2. The molecule has 0 atom stereocenters. The van der Waals surface area contributed by atoms with Crippen LogP contribution in [0.15, 0.2) is 30.6 Å². The van der Waals surface area contributed by atoms with E-state index in [-0.39, 0.29) is 11.3 Å². The molecule has 3 rings (SSSR count). The van der Waals surface area contributed by atoms with Crippen molar-refractivity contribution < 1.29 is 21.9 Å². The number of rotatable bonds is 5. The molecule has 0 aliphatic carbocycles. The van der Waals surface area contributed by atoms with Crippen molar-refractivity contribution in [3.8, 4) is 0 Å². The van der Waals surface area contributed by atoms with E-state index in [0.717, 1.165) is 12.1 Å². The molecular formula is C15H16F2N4O3S. The predicted molar refractivity (Wildman–Crippen MR) is 87.7 cm³/mol. The zero-order chi connectivity index (χ0) is 17.9. The maximum atomic E-state index is 13.2. The smallest absolute Gasteiger partial charge is 0.237 e. The SMILES string of the molecule is O=S(=O)(Cc1cc(F)cc(F)c1)Nc1cnc(N2CCOCC2)nc1. The molecule has 7 nitrogen and oxygen atoms in total. The van der Waals surface area contributed by atoms with E-state index < -0.39 is 27.4 Å². The molecule has 2 aromatic rings. The second-order valence-electron chi connectivity index (χ2n) is 5.51. The summed E-state index contributed by atoms with van der Waals surface area (Å²) in [5, 5.41) is 0. The summed E-state index contributed by atoms with van der Waals surface area (Å²) in [5.41, 5.74) is 0.185. The first-order valence-corrected chi connectivity index (χ1v) is 9.17. The van der Waals surface area contributed by atoms with Gasteiger partial charge in [0.25, 0.3) is 0 Å². The second kappa shape index (κ2) is 7.28. The summed E-state index contributed by atoms with van der Waals surface area (Å²) < 4.78 is 58.1. The summed E-state index contributed by atoms with van der Waals surface area (Å²) in [4.78, 5) is 10.2. The van der Waals surface area contributed by atoms with Crippen molar-refractivity contribution in [3.63, 3.8) is 0 Å². The van der Waals surface area contributed by atoms with Crippen molar-refractivity contribution in [1.29, 1.82) is 0 Å². The molecule has 1 aliphatic heterocycles. The zero-order valence-corrected chi connectivity index (χ0v) is 14.0. The molecule has 1 aromatic heterocycles. The van der Waals surface area contributed by atoms with Gasteiger partial charge in [0.2, 0.25) is 16.0 Å². The molecule has 0 saturated carbocycles. The Hall–Kier alpha value is -2.33. The van der Waals surface area contributed by atoms with Crippen LogP contribution in [0, 0.1) is 11.6 Å². The molecule has 1 N–H and O–H groups in total. The van der Waals surface area contributed by atoms with Gasteiger partial charge in [0, 0.05) is 19.2 Å². The van der Waals surface area contributed by atoms with Crippen LogP contribution in [0.5, 0.6) is 0 Å². The average Bonchev–Trinajstić information content (AvgIpc) is 2.54. The van der Waals surface area contributed by atoms with Gasteiger partial charge in [-0.1, -0.05) is 0 Å². The van der Waals surface area contributed by atoms with Gasteiger partial charge < -0.3 is 9.64 Å². The van der Waals surface area contributed by atoms with E-state index in [0.29, 0.717) is 38.3 Å². The van der Waals surface area contributed by atoms with Crippen molar-refractivity contribution in [2.24, 2.45) is 0 Å². The van der Waals surface area contributed by atoms with Crippen molar-refractivity contribution >= 4 is 21.7 Å². The van der Waals surface area contributed by atoms with Crippen LogP contribution >= 0.6 is 0 Å². The van der Waals surface area contributed by atoms with Crippen LogP contribution in [-0.2, 0) is 20.5 Å². The lowest BCUT2D eigenvalue weighted by Gasteiger charge is -2.26. The second-order valence-corrected chi connectivity index (χ2v) is 7.23. The van der Waals surface area contributed by atoms with E-state index in [1.807, 2.05) is 4.90 Å². The Morgan fingerprint density at radius 1 is 1.08 bits per heavy atom. The largest absolute Gasteiger partial charge is 0.378 e. The molecule has 0 amide bonds. The van der Waals surface area contributed by atoms with Gasteiger partial charge in [-0.15, -0.1) is 0 Å². The average molecular weight is 370 g/mol. The highest BCUT2D eigenvalue weighted by Crippen LogP contribution is 2.16. The van der Waals surface area contributed by atoms with Gasteiger partial charge in [-0.25, -0.2) is 27.2 Å². The van der Waals surface area contributed by atoms with E-state index in [9.17, 15) is 17.2 Å². The van der Waals surface area contributed by atoms with Crippen molar-refractivity contribution in [2.45, 2.75) is 5.75 Å². The number of nitrogens with zero attached hydrogens (tertiary/aromatic N) is 3. The fourth-order valence-corrected chi connectivity index (χ4v) is 3.57. The predicted octanol–water partition coefficient (Wildman–Crippen LogP) is 1.53. The lowest BCUT2D eigenvalue weighted by Crippen LogP contribution is -2.37. The van der Waals surface area contributed by atoms with Crippen LogP contribution in [0.3, 0.4) is 0 Å². The molecule has 2 heterocycles. The highest BCUT2D eigenvalue weighted by molar-refractivity contribution is 7.91. The molecule has 0 bridgehead atoms. The standard InChI is InChI=1S/C15H16F2N4O3S/c16-12-5-11(6-13(17)7-12)10-25(22,23)20-14-8-18-15(19-9-14)21-1-3-24-4-2-21/h5-9,20H,1-4,10H2. The molecule has 0 spiro atoms. The number of anilines is 2. The summed E-state index contributed by atoms with van der Waals surface area (Å²) in [6, 6.07) is 2.63. The van der Waals surface area contributed by atoms with Crippen LogP contribution in [0.2, 0.25) is 0 Å². The lowest BCUT2D eigenvalue weighted by atomic mass is 10.2. The fraction of sp³-hybridized carbons (Fsp3) is 0.333. The van der Waals surface area contributed by atoms with Crippen molar-refractivity contribution in [3.05, 3.63) is 47.8 Å². The Bertz CT molecular complexity index is 820. The first kappa shape index (κ1) is 17.5. The third-order valence-electron chi connectivity index (χ3n) is 3.48. The summed E-state index contributed by atoms with van der Waals surface area (Å²) in [7, 11) is -3.86. The Kier molecular flexibility index (Phi) is 5.09. The number of aromatic nitrogens is 2. The van der Waals surface area contributed by atoms with E-state index in [1.54, 1.807) is 0 Å². The first-order chi connectivity index (χ1) is 11.9. The highest BCUT2D eigenvalue weighted by Gasteiger charge is 2.16. The number of ether oxygens (including phenoxy) is 1. The highest BCUT2D eigenvalue weighted by atomic mass is 32.2. The number of morpholine rings is 1. The van der Waals surface area contributed by atoms with Gasteiger partial charge in [-0.2, -0.15) is 0 Å². The van der Waals surface area contributed by atoms with Crippen molar-refractivity contribution in [2.75, 3.05) is 35.9 Å². The Morgan fingerprint density at radius 2 is 1.68 bits per heavy atom. The van der Waals surface area contributed by atoms with Crippen LogP contribution in [0.4, 0.5) is 20.4 Å². The number of hydrogen-bond acceptors (Lipinski definition) is 6. The van der Waals surface area contributed by atoms with Gasteiger partial charge in [0.05, 0.1) is 37.0 Å².